The first-order chi connectivity index (χ1) is 22.8. The summed E-state index contributed by atoms with van der Waals surface area (Å²) in [6, 6.07) is 0.431. The van der Waals surface area contributed by atoms with E-state index in [9.17, 15) is 30.6 Å². The number of quaternary nitrogens is 1. The van der Waals surface area contributed by atoms with Crippen LogP contribution in [0.4, 0.5) is 0 Å². The van der Waals surface area contributed by atoms with E-state index in [4.69, 9.17) is 13.3 Å². The minimum absolute atomic E-state index is 0.0203. The van der Waals surface area contributed by atoms with Crippen molar-refractivity contribution in [2.75, 3.05) is 86.6 Å². The number of nitrogens with zero attached hydrogens (tertiary/aromatic N) is 1. The van der Waals surface area contributed by atoms with E-state index in [2.05, 4.69) is 21.0 Å². The number of unbranched alkanes of at least 4 members (excludes halogenated alkanes) is 14. The molecule has 10 nitrogen and oxygen atoms in total. The molecule has 0 unspecified atom stereocenters. The summed E-state index contributed by atoms with van der Waals surface area (Å²) in [5.41, 5.74) is -2.78. The van der Waals surface area contributed by atoms with E-state index in [0.29, 0.717) is 6.04 Å². The standard InChI is InChI=1S/C37H80NO9Si/c1-7-8-9-10-11-12-13-14-15-16-17-18-19-20-21-23-38(5,6)24-22-25-48(45-32-35(2,26-39)27-40,46-33-36(3,28-41)29-42)47-34-37(4,30-43)31-44/h39-44H,7-34H2,1-6H3/q+1. The molecule has 0 atom stereocenters. The summed E-state index contributed by atoms with van der Waals surface area (Å²) in [6.07, 6.45) is 20.9. The van der Waals surface area contributed by atoms with Crippen molar-refractivity contribution in [1.29, 1.82) is 0 Å². The molecule has 0 spiro atoms. The van der Waals surface area contributed by atoms with Crippen molar-refractivity contribution in [2.24, 2.45) is 16.2 Å². The molecule has 0 amide bonds. The van der Waals surface area contributed by atoms with Gasteiger partial charge in [0.15, 0.2) is 0 Å². The molecule has 11 heteroatoms. The molecule has 0 saturated heterocycles. The van der Waals surface area contributed by atoms with Gasteiger partial charge in [-0.3, -0.25) is 0 Å². The summed E-state index contributed by atoms with van der Waals surface area (Å²) >= 11 is 0. The largest absolute Gasteiger partial charge is 0.501 e. The predicted molar refractivity (Wildman–Crippen MR) is 197 cm³/mol. The smallest absolute Gasteiger partial charge is 0.396 e. The van der Waals surface area contributed by atoms with E-state index in [1.165, 1.54) is 96.3 Å². The fourth-order valence-electron chi connectivity index (χ4n) is 5.36. The quantitative estimate of drug-likeness (QED) is 0.0293. The number of hydrogen-bond acceptors (Lipinski definition) is 9. The van der Waals surface area contributed by atoms with E-state index >= 15 is 0 Å². The van der Waals surface area contributed by atoms with Crippen LogP contribution in [0.2, 0.25) is 6.04 Å². The Morgan fingerprint density at radius 3 is 1.00 bits per heavy atom. The Morgan fingerprint density at radius 1 is 0.438 bits per heavy atom. The molecule has 48 heavy (non-hydrogen) atoms. The van der Waals surface area contributed by atoms with Gasteiger partial charge < -0.3 is 48.4 Å². The van der Waals surface area contributed by atoms with Crippen LogP contribution in [0.1, 0.15) is 130 Å². The molecule has 0 saturated carbocycles. The minimum Gasteiger partial charge on any atom is -0.396 e. The van der Waals surface area contributed by atoms with E-state index in [1.54, 1.807) is 20.8 Å². The molecule has 0 aliphatic carbocycles. The van der Waals surface area contributed by atoms with E-state index in [-0.39, 0.29) is 59.5 Å². The zero-order valence-electron chi connectivity index (χ0n) is 32.2. The van der Waals surface area contributed by atoms with Crippen LogP contribution in [-0.4, -0.2) is 131 Å². The van der Waals surface area contributed by atoms with Crippen LogP contribution in [0.5, 0.6) is 0 Å². The molecule has 0 rings (SSSR count). The van der Waals surface area contributed by atoms with E-state index < -0.39 is 25.0 Å². The Balaban J connectivity index is 5.03. The summed E-state index contributed by atoms with van der Waals surface area (Å²) < 4.78 is 20.0. The van der Waals surface area contributed by atoms with E-state index in [0.717, 1.165) is 24.0 Å². The first-order valence-electron chi connectivity index (χ1n) is 19.1. The van der Waals surface area contributed by atoms with Crippen LogP contribution in [0, 0.1) is 16.2 Å². The summed E-state index contributed by atoms with van der Waals surface area (Å²) in [4.78, 5) is 0. The first-order valence-corrected chi connectivity index (χ1v) is 21.1. The average molecular weight is 711 g/mol. The molecule has 0 aromatic rings. The Bertz CT molecular complexity index is 691. The minimum atomic E-state index is -3.57. The lowest BCUT2D eigenvalue weighted by atomic mass is 9.95. The van der Waals surface area contributed by atoms with Gasteiger partial charge in [-0.05, 0) is 12.8 Å². The second-order valence-electron chi connectivity index (χ2n) is 16.4. The highest BCUT2D eigenvalue weighted by molar-refractivity contribution is 6.60. The molecule has 0 radical (unpaired) electrons. The number of aliphatic hydroxyl groups excluding tert-OH is 6. The highest BCUT2D eigenvalue weighted by Crippen LogP contribution is 2.29. The van der Waals surface area contributed by atoms with Crippen molar-refractivity contribution in [1.82, 2.24) is 0 Å². The van der Waals surface area contributed by atoms with Crippen LogP contribution >= 0.6 is 0 Å². The highest BCUT2D eigenvalue weighted by atomic mass is 28.4. The van der Waals surface area contributed by atoms with Gasteiger partial charge >= 0.3 is 8.80 Å². The lowest BCUT2D eigenvalue weighted by molar-refractivity contribution is -0.890. The van der Waals surface area contributed by atoms with Gasteiger partial charge in [0.25, 0.3) is 0 Å². The summed E-state index contributed by atoms with van der Waals surface area (Å²) in [6.45, 7) is 7.46. The molecule has 0 bridgehead atoms. The molecule has 0 aromatic carbocycles. The molecule has 290 valence electrons. The zero-order chi connectivity index (χ0) is 36.4. The monoisotopic (exact) mass is 711 g/mol. The summed E-state index contributed by atoms with van der Waals surface area (Å²) in [7, 11) is 0.885. The summed E-state index contributed by atoms with van der Waals surface area (Å²) in [5, 5.41) is 59.6. The predicted octanol–water partition coefficient (Wildman–Crippen LogP) is 5.29. The normalized spacial score (nSPS) is 13.5. The van der Waals surface area contributed by atoms with Crippen molar-refractivity contribution >= 4 is 8.80 Å². The molecular formula is C37H80NO9Si+. The molecule has 0 aromatic heterocycles. The Morgan fingerprint density at radius 2 is 0.708 bits per heavy atom. The highest BCUT2D eigenvalue weighted by Gasteiger charge is 2.46. The Labute approximate surface area is 296 Å². The third-order valence-electron chi connectivity index (χ3n) is 9.83. The maximum atomic E-state index is 9.93. The van der Waals surface area contributed by atoms with Crippen LogP contribution in [0.25, 0.3) is 0 Å². The lowest BCUT2D eigenvalue weighted by Crippen LogP contribution is -2.53. The number of aliphatic hydroxyl groups is 6. The maximum absolute atomic E-state index is 9.93. The molecule has 0 fully saturated rings. The number of rotatable bonds is 35. The zero-order valence-corrected chi connectivity index (χ0v) is 33.2. The molecule has 6 N–H and O–H groups in total. The molecule has 0 heterocycles. The van der Waals surface area contributed by atoms with Crippen molar-refractivity contribution in [2.45, 2.75) is 136 Å². The van der Waals surface area contributed by atoms with Crippen molar-refractivity contribution in [3.8, 4) is 0 Å². The van der Waals surface area contributed by atoms with Crippen molar-refractivity contribution in [3.05, 3.63) is 0 Å². The van der Waals surface area contributed by atoms with Gasteiger partial charge in [0.05, 0.1) is 66.8 Å². The fraction of sp³-hybridized carbons (Fsp3) is 1.00. The van der Waals surface area contributed by atoms with Crippen molar-refractivity contribution < 1.29 is 48.4 Å². The first kappa shape index (κ1) is 47.8. The SMILES string of the molecule is CCCCCCCCCCCCCCCCC[N+](C)(C)CCC[Si](OCC(C)(CO)CO)(OCC(C)(CO)CO)OCC(C)(CO)CO. The van der Waals surface area contributed by atoms with Gasteiger partial charge in [0, 0.05) is 48.5 Å². The van der Waals surface area contributed by atoms with Crippen LogP contribution in [0.3, 0.4) is 0 Å². The lowest BCUT2D eigenvalue weighted by Gasteiger charge is -2.39. The average Bonchev–Trinajstić information content (AvgIpc) is 3.09. The van der Waals surface area contributed by atoms with Gasteiger partial charge in [-0.25, -0.2) is 0 Å². The topological polar surface area (TPSA) is 149 Å². The number of hydrogen-bond donors (Lipinski definition) is 6. The Kier molecular flexibility index (Phi) is 26.5. The van der Waals surface area contributed by atoms with Gasteiger partial charge in [0.1, 0.15) is 0 Å². The van der Waals surface area contributed by atoms with E-state index in [1.807, 2.05) is 0 Å². The third kappa shape index (κ3) is 21.9. The van der Waals surface area contributed by atoms with Gasteiger partial charge in [0.2, 0.25) is 0 Å². The summed E-state index contributed by atoms with van der Waals surface area (Å²) in [5.74, 6) is 0. The second kappa shape index (κ2) is 26.6. The molecule has 0 aliphatic heterocycles. The van der Waals surface area contributed by atoms with Crippen LogP contribution in [-0.2, 0) is 13.3 Å². The van der Waals surface area contributed by atoms with Crippen LogP contribution < -0.4 is 0 Å². The van der Waals surface area contributed by atoms with Gasteiger partial charge in [-0.15, -0.1) is 0 Å². The second-order valence-corrected chi connectivity index (χ2v) is 19.1. The van der Waals surface area contributed by atoms with Gasteiger partial charge in [-0.2, -0.15) is 0 Å². The fourth-order valence-corrected chi connectivity index (χ4v) is 8.34. The van der Waals surface area contributed by atoms with Gasteiger partial charge in [-0.1, -0.05) is 111 Å². The van der Waals surface area contributed by atoms with Crippen LogP contribution in [0.15, 0.2) is 0 Å². The molecule has 0 aliphatic rings. The Hall–Kier alpha value is -0.183. The third-order valence-corrected chi connectivity index (χ3v) is 12.5. The maximum Gasteiger partial charge on any atom is 0.501 e. The van der Waals surface area contributed by atoms with Crippen molar-refractivity contribution in [3.63, 3.8) is 0 Å². The molecular weight excluding hydrogens is 630 g/mol.